The highest BCUT2D eigenvalue weighted by atomic mass is 32.2. The molecule has 5 heteroatoms. The molecule has 0 spiro atoms. The van der Waals surface area contributed by atoms with E-state index in [0.717, 1.165) is 0 Å². The molecule has 2 N–H and O–H groups in total. The Morgan fingerprint density at radius 3 is 2.67 bits per heavy atom. The molecular weight excluding hydrogens is 144 g/mol. The third-order valence-electron chi connectivity index (χ3n) is 0.765. The predicted octanol–water partition coefficient (Wildman–Crippen LogP) is -0.232. The summed E-state index contributed by atoms with van der Waals surface area (Å²) >= 11 is -2.20. The first-order valence-electron chi connectivity index (χ1n) is 2.51. The largest absolute Gasteiger partial charge is 0.396 e. The summed E-state index contributed by atoms with van der Waals surface area (Å²) in [5.41, 5.74) is 0. The van der Waals surface area contributed by atoms with Crippen molar-refractivity contribution in [3.8, 4) is 0 Å². The van der Waals surface area contributed by atoms with E-state index >= 15 is 0 Å². The Labute approximate surface area is 56.3 Å². The van der Waals surface area contributed by atoms with Crippen molar-refractivity contribution in [3.05, 3.63) is 0 Å². The van der Waals surface area contributed by atoms with Crippen molar-refractivity contribution in [1.29, 1.82) is 0 Å². The van der Waals surface area contributed by atoms with Gasteiger partial charge in [0.25, 0.3) is 0 Å². The van der Waals surface area contributed by atoms with Gasteiger partial charge in [-0.15, -0.1) is 0 Å². The van der Waals surface area contributed by atoms with Crippen LogP contribution in [0.1, 0.15) is 6.92 Å². The molecule has 0 aromatic carbocycles. The summed E-state index contributed by atoms with van der Waals surface area (Å²) in [4.78, 5) is 0. The lowest BCUT2D eigenvalue weighted by Gasteiger charge is -2.03. The lowest BCUT2D eigenvalue weighted by atomic mass is 10.2. The van der Waals surface area contributed by atoms with Gasteiger partial charge in [0, 0.05) is 12.5 Å². The molecule has 0 aliphatic rings. The molecule has 56 valence electrons. The van der Waals surface area contributed by atoms with Crippen LogP contribution in [0.4, 0.5) is 0 Å². The summed E-state index contributed by atoms with van der Waals surface area (Å²) in [5.74, 6) is -0.0823. The highest BCUT2D eigenvalue weighted by molar-refractivity contribution is 7.74. The molecule has 0 rings (SSSR count). The third kappa shape index (κ3) is 5.91. The van der Waals surface area contributed by atoms with E-state index in [-0.39, 0.29) is 19.1 Å². The molecule has 0 aromatic heterocycles. The third-order valence-corrected chi connectivity index (χ3v) is 1.10. The van der Waals surface area contributed by atoms with Crippen molar-refractivity contribution in [3.63, 3.8) is 0 Å². The van der Waals surface area contributed by atoms with E-state index in [1.54, 1.807) is 6.92 Å². The lowest BCUT2D eigenvalue weighted by Crippen LogP contribution is -2.10. The van der Waals surface area contributed by atoms with E-state index < -0.39 is 11.4 Å². The first-order valence-corrected chi connectivity index (χ1v) is 3.55. The van der Waals surface area contributed by atoms with Crippen LogP contribution in [0.2, 0.25) is 0 Å². The van der Waals surface area contributed by atoms with E-state index in [4.69, 9.17) is 9.66 Å². The SMILES string of the molecule is CC(CO)COS(=O)O. The van der Waals surface area contributed by atoms with Gasteiger partial charge in [0.1, 0.15) is 0 Å². The topological polar surface area (TPSA) is 66.8 Å². The van der Waals surface area contributed by atoms with Crippen LogP contribution in [0.3, 0.4) is 0 Å². The van der Waals surface area contributed by atoms with Gasteiger partial charge >= 0.3 is 11.4 Å². The Morgan fingerprint density at radius 2 is 2.33 bits per heavy atom. The fraction of sp³-hybridized carbons (Fsp3) is 1.00. The van der Waals surface area contributed by atoms with Gasteiger partial charge in [-0.05, 0) is 0 Å². The van der Waals surface area contributed by atoms with Crippen LogP contribution in [0.15, 0.2) is 0 Å². The van der Waals surface area contributed by atoms with E-state index in [0.29, 0.717) is 0 Å². The van der Waals surface area contributed by atoms with Gasteiger partial charge in [0.15, 0.2) is 0 Å². The molecule has 0 heterocycles. The van der Waals surface area contributed by atoms with Crippen LogP contribution >= 0.6 is 0 Å². The molecule has 0 radical (unpaired) electrons. The summed E-state index contributed by atoms with van der Waals surface area (Å²) in [5, 5.41) is 8.39. The minimum atomic E-state index is -2.20. The molecule has 0 saturated carbocycles. The number of hydrogen-bond donors (Lipinski definition) is 2. The molecule has 0 aliphatic carbocycles. The fourth-order valence-electron chi connectivity index (χ4n) is 0.227. The quantitative estimate of drug-likeness (QED) is 0.549. The number of aliphatic hydroxyl groups is 1. The zero-order valence-electron chi connectivity index (χ0n) is 5.11. The van der Waals surface area contributed by atoms with Crippen molar-refractivity contribution in [2.24, 2.45) is 5.92 Å². The highest BCUT2D eigenvalue weighted by Gasteiger charge is 2.01. The van der Waals surface area contributed by atoms with E-state index in [1.807, 2.05) is 0 Å². The Morgan fingerprint density at radius 1 is 1.78 bits per heavy atom. The molecule has 9 heavy (non-hydrogen) atoms. The lowest BCUT2D eigenvalue weighted by molar-refractivity contribution is 0.176. The Kier molecular flexibility index (Phi) is 4.88. The maximum atomic E-state index is 9.83. The first kappa shape index (κ1) is 9.03. The number of hydrogen-bond acceptors (Lipinski definition) is 3. The van der Waals surface area contributed by atoms with Crippen molar-refractivity contribution >= 4 is 11.4 Å². The van der Waals surface area contributed by atoms with Gasteiger partial charge in [-0.2, -0.15) is 4.21 Å². The van der Waals surface area contributed by atoms with Gasteiger partial charge in [0.2, 0.25) is 0 Å². The second-order valence-electron chi connectivity index (χ2n) is 1.79. The smallest absolute Gasteiger partial charge is 0.301 e. The average Bonchev–Trinajstić information content (AvgIpc) is 1.83. The van der Waals surface area contributed by atoms with Crippen molar-refractivity contribution in [1.82, 2.24) is 0 Å². The molecule has 2 atom stereocenters. The van der Waals surface area contributed by atoms with E-state index in [9.17, 15) is 4.21 Å². The van der Waals surface area contributed by atoms with Crippen LogP contribution in [0.25, 0.3) is 0 Å². The summed E-state index contributed by atoms with van der Waals surface area (Å²) in [6.45, 7) is 1.80. The molecule has 4 nitrogen and oxygen atoms in total. The zero-order valence-corrected chi connectivity index (χ0v) is 5.93. The molecule has 2 unspecified atom stereocenters. The van der Waals surface area contributed by atoms with Crippen molar-refractivity contribution in [2.45, 2.75) is 6.92 Å². The van der Waals surface area contributed by atoms with Gasteiger partial charge in [-0.1, -0.05) is 6.92 Å². The Bertz CT molecular complexity index is 94.6. The number of aliphatic hydroxyl groups excluding tert-OH is 1. The molecule has 0 amide bonds. The molecule has 0 saturated heterocycles. The summed E-state index contributed by atoms with van der Waals surface area (Å²) in [7, 11) is 0. The van der Waals surface area contributed by atoms with Crippen LogP contribution < -0.4 is 0 Å². The molecule has 0 bridgehead atoms. The minimum absolute atomic E-state index is 0.0306. The molecule has 0 fully saturated rings. The predicted molar refractivity (Wildman–Crippen MR) is 33.0 cm³/mol. The monoisotopic (exact) mass is 154 g/mol. The molecular formula is C4H10O4S. The van der Waals surface area contributed by atoms with E-state index in [2.05, 4.69) is 4.18 Å². The second-order valence-corrected chi connectivity index (χ2v) is 2.46. The Balaban J connectivity index is 3.16. The van der Waals surface area contributed by atoms with Gasteiger partial charge in [-0.25, -0.2) is 0 Å². The Hall–Kier alpha value is 0.0300. The van der Waals surface area contributed by atoms with Gasteiger partial charge in [-0.3, -0.25) is 8.74 Å². The first-order chi connectivity index (χ1) is 4.16. The minimum Gasteiger partial charge on any atom is -0.396 e. The van der Waals surface area contributed by atoms with Crippen molar-refractivity contribution in [2.75, 3.05) is 13.2 Å². The van der Waals surface area contributed by atoms with Crippen molar-refractivity contribution < 1.29 is 18.1 Å². The van der Waals surface area contributed by atoms with Gasteiger partial charge < -0.3 is 5.11 Å². The van der Waals surface area contributed by atoms with Crippen LogP contribution in [-0.4, -0.2) is 27.1 Å². The number of rotatable bonds is 4. The maximum absolute atomic E-state index is 9.83. The summed E-state index contributed by atoms with van der Waals surface area (Å²) in [6.07, 6.45) is 0. The van der Waals surface area contributed by atoms with E-state index in [1.165, 1.54) is 0 Å². The standard InChI is InChI=1S/C4H10O4S/c1-4(2-5)3-8-9(6)7/h4-5H,2-3H2,1H3,(H,6,7). The average molecular weight is 154 g/mol. The van der Waals surface area contributed by atoms with Gasteiger partial charge in [0.05, 0.1) is 6.61 Å². The fourth-order valence-corrected chi connectivity index (χ4v) is 0.576. The van der Waals surface area contributed by atoms with Crippen LogP contribution in [0, 0.1) is 5.92 Å². The second kappa shape index (κ2) is 4.87. The normalized spacial score (nSPS) is 17.2. The molecule has 0 aliphatic heterocycles. The zero-order chi connectivity index (χ0) is 7.28. The summed E-state index contributed by atoms with van der Waals surface area (Å²) in [6, 6.07) is 0. The maximum Gasteiger partial charge on any atom is 0.301 e. The highest BCUT2D eigenvalue weighted by Crippen LogP contribution is 1.93. The van der Waals surface area contributed by atoms with Crippen LogP contribution in [-0.2, 0) is 15.5 Å². The summed E-state index contributed by atoms with van der Waals surface area (Å²) < 4.78 is 22.2. The molecule has 0 aromatic rings. The van der Waals surface area contributed by atoms with Crippen LogP contribution in [0.5, 0.6) is 0 Å².